The van der Waals surface area contributed by atoms with Gasteiger partial charge >= 0.3 is 5.97 Å². The average molecular weight is 923 g/mol. The van der Waals surface area contributed by atoms with E-state index in [9.17, 15) is 14.3 Å². The minimum Gasteiger partial charge on any atom is -0.496 e. The Hall–Kier alpha value is -5.83. The Morgan fingerprint density at radius 3 is 2.25 bits per heavy atom. The summed E-state index contributed by atoms with van der Waals surface area (Å²) in [4.78, 5) is 33.0. The van der Waals surface area contributed by atoms with Crippen molar-refractivity contribution >= 4 is 50.7 Å². The number of rotatable bonds is 16. The highest BCUT2D eigenvalue weighted by atomic mass is 35.5. The van der Waals surface area contributed by atoms with Crippen LogP contribution in [0, 0.1) is 19.7 Å². The number of nitrogens with zero attached hydrogens (tertiary/aromatic N) is 5. The number of hydrogen-bond donors (Lipinski definition) is 1. The minimum atomic E-state index is -1.35. The maximum atomic E-state index is 14.3. The molecule has 1 atom stereocenters. The van der Waals surface area contributed by atoms with Crippen molar-refractivity contribution < 1.29 is 33.2 Å². The number of para-hydroxylation sites is 2. The molecule has 4 aromatic carbocycles. The van der Waals surface area contributed by atoms with Gasteiger partial charge in [-0.3, -0.25) is 4.90 Å². The molecule has 1 saturated heterocycles. The van der Waals surface area contributed by atoms with E-state index in [0.717, 1.165) is 48.7 Å². The molecule has 4 heterocycles. The Labute approximate surface area is 385 Å². The van der Waals surface area contributed by atoms with Crippen molar-refractivity contribution in [1.82, 2.24) is 24.8 Å². The lowest BCUT2D eigenvalue weighted by Gasteiger charge is -2.32. The van der Waals surface area contributed by atoms with Gasteiger partial charge in [-0.25, -0.2) is 24.1 Å². The molecule has 0 spiro atoms. The third-order valence-electron chi connectivity index (χ3n) is 11.3. The summed E-state index contributed by atoms with van der Waals surface area (Å²) < 4.78 is 39.0. The first kappa shape index (κ1) is 44.8. The van der Waals surface area contributed by atoms with E-state index in [1.165, 1.54) is 23.5 Å². The molecule has 7 aromatic rings. The standard InChI is InChI=1S/C49H46Cl2FN5O6S/c1-29-40(30(2)44(51)45(43(29)50)61-26-25-57-23-21-56(3)22-24-57)42-41-38(18-20-54-48(41)64-46(42)31-13-15-33(52)16-14-31)63-39(49(58)59)27-32-9-5-7-11-36(32)62-28-34-17-19-53-47(55-34)35-10-6-8-12-37(35)60-4/h5-20,39H,21-28H2,1-4H3,(H,58,59). The number of aromatic nitrogens is 3. The van der Waals surface area contributed by atoms with Crippen LogP contribution in [-0.2, 0) is 17.8 Å². The van der Waals surface area contributed by atoms with Crippen LogP contribution in [0.2, 0.25) is 10.0 Å². The quantitative estimate of drug-likeness (QED) is 0.0998. The number of pyridine rings is 1. The number of piperazine rings is 1. The molecule has 11 nitrogen and oxygen atoms in total. The first-order valence-corrected chi connectivity index (χ1v) is 22.3. The molecule has 1 aliphatic rings. The zero-order chi connectivity index (χ0) is 44.9. The van der Waals surface area contributed by atoms with Gasteiger partial charge in [0.25, 0.3) is 0 Å². The molecule has 8 rings (SSSR count). The summed E-state index contributed by atoms with van der Waals surface area (Å²) in [5.41, 5.74) is 5.51. The number of aliphatic carboxylic acids is 1. The molecule has 1 unspecified atom stereocenters. The van der Waals surface area contributed by atoms with Crippen molar-refractivity contribution in [2.24, 2.45) is 0 Å². The number of carboxylic acid groups (broad SMARTS) is 1. The predicted molar refractivity (Wildman–Crippen MR) is 250 cm³/mol. The molecule has 0 amide bonds. The second-order valence-corrected chi connectivity index (χ2v) is 17.2. The average Bonchev–Trinajstić information content (AvgIpc) is 3.69. The van der Waals surface area contributed by atoms with Crippen LogP contribution in [0.4, 0.5) is 4.39 Å². The normalized spacial score (nSPS) is 13.8. The number of carboxylic acids is 1. The summed E-state index contributed by atoms with van der Waals surface area (Å²) >= 11 is 15.7. The number of halogens is 3. The SMILES string of the molecule is COc1ccccc1-c1nccc(COc2ccccc2CC(Oc2ccnc3sc(-c4ccc(F)cc4)c(-c4c(C)c(Cl)c(OCCN5CCN(C)CC5)c(Cl)c4C)c23)C(=O)O)n1. The fraction of sp³-hybridized carbons (Fsp3) is 0.265. The first-order chi connectivity index (χ1) is 31.0. The Morgan fingerprint density at radius 2 is 1.53 bits per heavy atom. The van der Waals surface area contributed by atoms with Crippen LogP contribution < -0.4 is 18.9 Å². The third-order valence-corrected chi connectivity index (χ3v) is 13.4. The molecule has 3 aromatic heterocycles. The number of hydrogen-bond acceptors (Lipinski definition) is 11. The number of methoxy groups -OCH3 is 1. The van der Waals surface area contributed by atoms with E-state index in [1.54, 1.807) is 49.8 Å². The monoisotopic (exact) mass is 921 g/mol. The van der Waals surface area contributed by atoms with Crippen LogP contribution in [0.25, 0.3) is 43.2 Å². The van der Waals surface area contributed by atoms with Crippen LogP contribution in [0.15, 0.2) is 97.3 Å². The lowest BCUT2D eigenvalue weighted by atomic mass is 9.91. The van der Waals surface area contributed by atoms with Gasteiger partial charge in [-0.2, -0.15) is 0 Å². The molecule has 330 valence electrons. The smallest absolute Gasteiger partial charge is 0.345 e. The van der Waals surface area contributed by atoms with E-state index in [4.69, 9.17) is 52.1 Å². The van der Waals surface area contributed by atoms with Crippen LogP contribution >= 0.6 is 34.5 Å². The summed E-state index contributed by atoms with van der Waals surface area (Å²) in [7, 11) is 3.71. The minimum absolute atomic E-state index is 0.0360. The molecule has 64 heavy (non-hydrogen) atoms. The van der Waals surface area contributed by atoms with Gasteiger partial charge in [-0.05, 0) is 91.2 Å². The van der Waals surface area contributed by atoms with E-state index in [2.05, 4.69) is 21.8 Å². The second kappa shape index (κ2) is 19.9. The highest BCUT2D eigenvalue weighted by Crippen LogP contribution is 2.53. The van der Waals surface area contributed by atoms with Crippen molar-refractivity contribution in [1.29, 1.82) is 0 Å². The van der Waals surface area contributed by atoms with Crippen molar-refractivity contribution in [2.75, 3.05) is 53.5 Å². The van der Waals surface area contributed by atoms with Gasteiger partial charge in [0, 0.05) is 62.0 Å². The van der Waals surface area contributed by atoms with Gasteiger partial charge in [-0.15, -0.1) is 11.3 Å². The van der Waals surface area contributed by atoms with Gasteiger partial charge in [-0.1, -0.05) is 65.7 Å². The molecule has 1 aliphatic heterocycles. The predicted octanol–water partition coefficient (Wildman–Crippen LogP) is 10.4. The molecule has 0 saturated carbocycles. The molecule has 0 bridgehead atoms. The zero-order valence-electron chi connectivity index (χ0n) is 35.7. The molecule has 0 radical (unpaired) electrons. The molecule has 1 fully saturated rings. The van der Waals surface area contributed by atoms with Crippen molar-refractivity contribution in [3.8, 4) is 56.0 Å². The van der Waals surface area contributed by atoms with Crippen molar-refractivity contribution in [3.63, 3.8) is 0 Å². The van der Waals surface area contributed by atoms with E-state index < -0.39 is 12.1 Å². The molecular weight excluding hydrogens is 877 g/mol. The van der Waals surface area contributed by atoms with Gasteiger partial charge < -0.3 is 29.0 Å². The maximum absolute atomic E-state index is 14.3. The molecule has 15 heteroatoms. The number of likely N-dealkylation sites (N-methyl/N-ethyl adjacent to an activating group) is 1. The fourth-order valence-electron chi connectivity index (χ4n) is 7.86. The van der Waals surface area contributed by atoms with E-state index in [-0.39, 0.29) is 18.8 Å². The van der Waals surface area contributed by atoms with E-state index in [0.29, 0.717) is 89.2 Å². The van der Waals surface area contributed by atoms with Crippen molar-refractivity contribution in [2.45, 2.75) is 33.0 Å². The summed E-state index contributed by atoms with van der Waals surface area (Å²) in [6.45, 7) is 8.93. The summed E-state index contributed by atoms with van der Waals surface area (Å²) in [6.07, 6.45) is 1.86. The van der Waals surface area contributed by atoms with E-state index in [1.807, 2.05) is 56.3 Å². The Bertz CT molecular complexity index is 2770. The largest absolute Gasteiger partial charge is 0.496 e. The summed E-state index contributed by atoms with van der Waals surface area (Å²) in [5, 5.41) is 12.0. The Morgan fingerprint density at radius 1 is 0.844 bits per heavy atom. The third kappa shape index (κ3) is 9.64. The number of benzene rings is 4. The molecule has 1 N–H and O–H groups in total. The number of ether oxygens (including phenoxy) is 4. The van der Waals surface area contributed by atoms with Crippen molar-refractivity contribution in [3.05, 3.63) is 136 Å². The number of carbonyl (C=O) groups is 1. The molecular formula is C49H46Cl2FN5O6S. The maximum Gasteiger partial charge on any atom is 0.345 e. The van der Waals surface area contributed by atoms with E-state index >= 15 is 0 Å². The highest BCUT2D eigenvalue weighted by molar-refractivity contribution is 7.22. The molecule has 0 aliphatic carbocycles. The number of fused-ring (bicyclic) bond motifs is 1. The van der Waals surface area contributed by atoms with Crippen LogP contribution in [0.5, 0.6) is 23.0 Å². The zero-order valence-corrected chi connectivity index (χ0v) is 38.1. The Kier molecular flexibility index (Phi) is 13.9. The van der Waals surface area contributed by atoms with Gasteiger partial charge in [0.2, 0.25) is 0 Å². The topological polar surface area (TPSA) is 119 Å². The van der Waals surface area contributed by atoms with Crippen LogP contribution in [-0.4, -0.2) is 95.4 Å². The Balaban J connectivity index is 1.12. The lowest BCUT2D eigenvalue weighted by Crippen LogP contribution is -2.45. The fourth-order valence-corrected chi connectivity index (χ4v) is 9.56. The van der Waals surface area contributed by atoms with Crippen LogP contribution in [0.3, 0.4) is 0 Å². The highest BCUT2D eigenvalue weighted by Gasteiger charge is 2.30. The van der Waals surface area contributed by atoms with Gasteiger partial charge in [0.05, 0.1) is 33.8 Å². The first-order valence-electron chi connectivity index (χ1n) is 20.8. The van der Waals surface area contributed by atoms with Gasteiger partial charge in [0.15, 0.2) is 17.7 Å². The summed E-state index contributed by atoms with van der Waals surface area (Å²) in [5.74, 6) is 0.742. The van der Waals surface area contributed by atoms with Crippen LogP contribution in [0.1, 0.15) is 22.4 Å². The number of thiophene rings is 1. The van der Waals surface area contributed by atoms with Gasteiger partial charge in [0.1, 0.15) is 41.1 Å². The lowest BCUT2D eigenvalue weighted by molar-refractivity contribution is -0.145. The summed E-state index contributed by atoms with van der Waals surface area (Å²) in [6, 6.07) is 24.3. The second-order valence-electron chi connectivity index (χ2n) is 15.5.